The monoisotopic (exact) mass is 555 g/mol. The van der Waals surface area contributed by atoms with Crippen LogP contribution in [0.5, 0.6) is 0 Å². The van der Waals surface area contributed by atoms with Gasteiger partial charge in [0, 0.05) is 24.0 Å². The number of allylic oxidation sites excluding steroid dienone is 4. The smallest absolute Gasteiger partial charge is 0.232 e. The molecular weight excluding hydrogens is 506 g/mol. The van der Waals surface area contributed by atoms with Crippen molar-refractivity contribution < 1.29 is 9.59 Å². The fourth-order valence-corrected chi connectivity index (χ4v) is 9.78. The fraction of sp³-hybridized carbons (Fsp3) is 0.611. The summed E-state index contributed by atoms with van der Waals surface area (Å²) in [7, 11) is 1.96. The molecule has 5 nitrogen and oxygen atoms in total. The lowest BCUT2D eigenvalue weighted by molar-refractivity contribution is -0.151. The number of carbonyl (C=O) groups is 2. The molecule has 2 amide bonds. The summed E-state index contributed by atoms with van der Waals surface area (Å²) in [4.78, 5) is 28.6. The van der Waals surface area contributed by atoms with Gasteiger partial charge in [0.2, 0.25) is 11.8 Å². The first kappa shape index (κ1) is 29.5. The van der Waals surface area contributed by atoms with Gasteiger partial charge in [0.15, 0.2) is 0 Å². The van der Waals surface area contributed by atoms with Gasteiger partial charge in [-0.05, 0) is 116 Å². The maximum absolute atomic E-state index is 14.3. The molecule has 4 aliphatic rings. The quantitative estimate of drug-likeness (QED) is 0.282. The molecule has 4 aliphatic carbocycles. The summed E-state index contributed by atoms with van der Waals surface area (Å²) in [6.07, 6.45) is 17.0. The molecule has 0 unspecified atom stereocenters. The number of anilines is 1. The molecule has 0 radical (unpaired) electrons. The highest BCUT2D eigenvalue weighted by molar-refractivity contribution is 6.00. The molecule has 0 saturated heterocycles. The number of nitrogens with one attached hydrogen (secondary N) is 2. The summed E-state index contributed by atoms with van der Waals surface area (Å²) < 4.78 is 0. The highest BCUT2D eigenvalue weighted by Crippen LogP contribution is 2.61. The van der Waals surface area contributed by atoms with Crippen LogP contribution in [0.2, 0.25) is 0 Å². The van der Waals surface area contributed by atoms with Crippen LogP contribution in [0, 0.1) is 40.4 Å². The van der Waals surface area contributed by atoms with Crippen molar-refractivity contribution in [2.75, 3.05) is 12.4 Å². The molecule has 5 rings (SSSR count). The maximum Gasteiger partial charge on any atom is 0.232 e. The van der Waals surface area contributed by atoms with Crippen LogP contribution in [0.3, 0.4) is 0 Å². The predicted octanol–water partition coefficient (Wildman–Crippen LogP) is 6.78. The number of aryl methyl sites for hydroxylation is 1. The van der Waals surface area contributed by atoms with Gasteiger partial charge in [-0.15, -0.1) is 6.42 Å². The molecular formula is C36H49N3O2. The number of hydrogen-bond donors (Lipinski definition) is 3. The Labute approximate surface area is 247 Å². The van der Waals surface area contributed by atoms with E-state index >= 15 is 0 Å². The zero-order valence-electron chi connectivity index (χ0n) is 26.0. The van der Waals surface area contributed by atoms with Crippen LogP contribution in [-0.2, 0) is 21.4 Å². The summed E-state index contributed by atoms with van der Waals surface area (Å²) in [5, 5.41) is 6.34. The second-order valence-corrected chi connectivity index (χ2v) is 14.4. The number of rotatable bonds is 4. The average molecular weight is 556 g/mol. The Hall–Kier alpha value is -3.00. The Bertz CT molecular complexity index is 1360. The minimum atomic E-state index is -0.653. The average Bonchev–Trinajstić information content (AvgIpc) is 2.93. The van der Waals surface area contributed by atoms with E-state index in [0.29, 0.717) is 0 Å². The number of terminal acetylenes is 1. The van der Waals surface area contributed by atoms with Crippen LogP contribution in [0.15, 0.2) is 41.1 Å². The predicted molar refractivity (Wildman–Crippen MR) is 167 cm³/mol. The number of hydrogen-bond acceptors (Lipinski definition) is 4. The molecule has 220 valence electrons. The zero-order valence-corrected chi connectivity index (χ0v) is 26.0. The minimum absolute atomic E-state index is 0.0881. The molecule has 1 aromatic rings. The molecule has 41 heavy (non-hydrogen) atoms. The highest BCUT2D eigenvalue weighted by atomic mass is 16.2. The van der Waals surface area contributed by atoms with Crippen molar-refractivity contribution in [3.05, 3.63) is 52.2 Å². The van der Waals surface area contributed by atoms with E-state index in [9.17, 15) is 9.59 Å². The van der Waals surface area contributed by atoms with Crippen molar-refractivity contribution >= 4 is 17.5 Å². The molecule has 1 aromatic carbocycles. The Balaban J connectivity index is 1.43. The Morgan fingerprint density at radius 2 is 1.54 bits per heavy atom. The molecule has 0 bridgehead atoms. The Morgan fingerprint density at radius 3 is 2.12 bits per heavy atom. The molecule has 2 fully saturated rings. The number of benzene rings is 1. The number of imide groups is 1. The van der Waals surface area contributed by atoms with Gasteiger partial charge in [-0.2, -0.15) is 0 Å². The van der Waals surface area contributed by atoms with Crippen molar-refractivity contribution in [3.63, 3.8) is 0 Å². The first-order valence-corrected chi connectivity index (χ1v) is 15.6. The normalized spacial score (nSPS) is 36.8. The molecule has 0 spiro atoms. The first-order chi connectivity index (χ1) is 19.3. The standard InChI is InChI=1S/C36H49N3O2/c1-8-24-12-15-29-33(3,27(24)21-23(2)37)17-9-19-35(29,5)31(40)39-32(41)36(6)20-10-18-34(4)28-22-26(38-7)14-11-25(28)13-16-30(34)36/h1,11,14,21-22,29-30,38H,9-10,12-13,15-20,37H2,2-7H3,(H,39,40,41)/b23-21+/t29-,30-,33-,34-,35+,36+/m1/s1. The summed E-state index contributed by atoms with van der Waals surface area (Å²) >= 11 is 0. The Morgan fingerprint density at radius 1 is 0.951 bits per heavy atom. The number of fused-ring (bicyclic) bond motifs is 4. The lowest BCUT2D eigenvalue weighted by Crippen LogP contribution is -2.59. The van der Waals surface area contributed by atoms with Crippen LogP contribution in [0.1, 0.15) is 104 Å². The van der Waals surface area contributed by atoms with Crippen molar-refractivity contribution in [3.8, 4) is 12.3 Å². The molecule has 5 heteroatoms. The van der Waals surface area contributed by atoms with Gasteiger partial charge in [0.1, 0.15) is 0 Å². The van der Waals surface area contributed by atoms with Gasteiger partial charge in [-0.1, -0.05) is 52.5 Å². The maximum atomic E-state index is 14.3. The van der Waals surface area contributed by atoms with E-state index in [1.54, 1.807) is 0 Å². The SMILES string of the molecule is C#CC1=C(/C=C(\C)N)[C@@]2(C)CCC[C@](C)(C(=O)NC(=O)[C@@]3(C)CCC[C@]4(C)c5cc(NC)ccc5CC[C@@H]34)[C@@H]2CC1. The van der Waals surface area contributed by atoms with Crippen LogP contribution in [0.25, 0.3) is 0 Å². The summed E-state index contributed by atoms with van der Waals surface area (Å²) in [5.74, 6) is 2.99. The lowest BCUT2D eigenvalue weighted by Gasteiger charge is -2.56. The van der Waals surface area contributed by atoms with Gasteiger partial charge in [-0.3, -0.25) is 14.9 Å². The summed E-state index contributed by atoms with van der Waals surface area (Å²) in [6.45, 7) is 10.7. The third-order valence-electron chi connectivity index (χ3n) is 12.0. The molecule has 2 saturated carbocycles. The van der Waals surface area contributed by atoms with Gasteiger partial charge < -0.3 is 11.1 Å². The minimum Gasteiger partial charge on any atom is -0.402 e. The molecule has 6 atom stereocenters. The summed E-state index contributed by atoms with van der Waals surface area (Å²) in [6, 6.07) is 6.69. The third-order valence-corrected chi connectivity index (χ3v) is 12.0. The largest absolute Gasteiger partial charge is 0.402 e. The van der Waals surface area contributed by atoms with E-state index in [4.69, 9.17) is 12.2 Å². The van der Waals surface area contributed by atoms with E-state index in [1.807, 2.05) is 20.0 Å². The zero-order chi connectivity index (χ0) is 29.8. The van der Waals surface area contributed by atoms with Gasteiger partial charge >= 0.3 is 0 Å². The third kappa shape index (κ3) is 4.53. The van der Waals surface area contributed by atoms with E-state index < -0.39 is 10.8 Å². The van der Waals surface area contributed by atoms with Crippen molar-refractivity contribution in [2.45, 2.75) is 104 Å². The van der Waals surface area contributed by atoms with Crippen LogP contribution < -0.4 is 16.4 Å². The van der Waals surface area contributed by atoms with Crippen LogP contribution in [-0.4, -0.2) is 18.9 Å². The van der Waals surface area contributed by atoms with Crippen molar-refractivity contribution in [2.24, 2.45) is 33.8 Å². The van der Waals surface area contributed by atoms with Crippen LogP contribution in [0.4, 0.5) is 5.69 Å². The highest BCUT2D eigenvalue weighted by Gasteiger charge is 2.58. The van der Waals surface area contributed by atoms with E-state index in [2.05, 4.69) is 62.4 Å². The number of nitrogens with two attached hydrogens (primary N) is 1. The van der Waals surface area contributed by atoms with E-state index in [1.165, 1.54) is 11.1 Å². The topological polar surface area (TPSA) is 84.2 Å². The molecule has 4 N–H and O–H groups in total. The van der Waals surface area contributed by atoms with E-state index in [0.717, 1.165) is 86.7 Å². The second-order valence-electron chi connectivity index (χ2n) is 14.4. The van der Waals surface area contributed by atoms with Gasteiger partial charge in [-0.25, -0.2) is 0 Å². The molecule has 0 aromatic heterocycles. The van der Waals surface area contributed by atoms with Crippen molar-refractivity contribution in [1.29, 1.82) is 0 Å². The molecule has 0 heterocycles. The fourth-order valence-electron chi connectivity index (χ4n) is 9.78. The summed E-state index contributed by atoms with van der Waals surface area (Å²) in [5.41, 5.74) is 11.3. The number of carbonyl (C=O) groups excluding carboxylic acids is 2. The van der Waals surface area contributed by atoms with Gasteiger partial charge in [0.25, 0.3) is 0 Å². The number of amides is 2. The first-order valence-electron chi connectivity index (χ1n) is 15.6. The lowest BCUT2D eigenvalue weighted by atomic mass is 9.48. The Kier molecular flexibility index (Phi) is 7.46. The van der Waals surface area contributed by atoms with Crippen LogP contribution >= 0.6 is 0 Å². The van der Waals surface area contributed by atoms with E-state index in [-0.39, 0.29) is 34.5 Å². The van der Waals surface area contributed by atoms with Gasteiger partial charge in [0.05, 0.1) is 10.8 Å². The van der Waals surface area contributed by atoms with Crippen molar-refractivity contribution in [1.82, 2.24) is 5.32 Å². The second kappa shape index (κ2) is 10.4. The molecule has 0 aliphatic heterocycles.